The molecule has 0 radical (unpaired) electrons. The van der Waals surface area contributed by atoms with Gasteiger partial charge in [-0.1, -0.05) is 17.7 Å². The SMILES string of the molecule is CCOc1cc(Cl)c(/C=C2/SC(=O)N(CC(=O)Nc3cccc(F)c3)C2=O)cc1OCC. The van der Waals surface area contributed by atoms with Crippen molar-refractivity contribution in [1.82, 2.24) is 4.90 Å². The smallest absolute Gasteiger partial charge is 0.294 e. The first-order valence-corrected chi connectivity index (χ1v) is 10.9. The van der Waals surface area contributed by atoms with E-state index in [0.29, 0.717) is 47.1 Å². The lowest BCUT2D eigenvalue weighted by Gasteiger charge is -2.13. The van der Waals surface area contributed by atoms with Gasteiger partial charge in [0.25, 0.3) is 11.1 Å². The van der Waals surface area contributed by atoms with Gasteiger partial charge in [0.05, 0.1) is 23.1 Å². The first-order valence-electron chi connectivity index (χ1n) is 9.72. The summed E-state index contributed by atoms with van der Waals surface area (Å²) in [6, 6.07) is 8.51. The van der Waals surface area contributed by atoms with E-state index in [0.717, 1.165) is 11.0 Å². The second kappa shape index (κ2) is 10.5. The van der Waals surface area contributed by atoms with E-state index >= 15 is 0 Å². The number of carbonyl (C=O) groups is 3. The van der Waals surface area contributed by atoms with Crippen molar-refractivity contribution in [2.75, 3.05) is 25.1 Å². The predicted octanol–water partition coefficient (Wildman–Crippen LogP) is 4.95. The lowest BCUT2D eigenvalue weighted by atomic mass is 10.1. The first kappa shape index (κ1) is 23.6. The van der Waals surface area contributed by atoms with E-state index in [1.165, 1.54) is 24.3 Å². The summed E-state index contributed by atoms with van der Waals surface area (Å²) in [5.74, 6) is -0.845. The van der Waals surface area contributed by atoms with Gasteiger partial charge in [-0.15, -0.1) is 0 Å². The molecule has 0 bridgehead atoms. The number of anilines is 1. The topological polar surface area (TPSA) is 84.9 Å². The zero-order chi connectivity index (χ0) is 23.3. The maximum Gasteiger partial charge on any atom is 0.294 e. The third-order valence-corrected chi connectivity index (χ3v) is 5.47. The zero-order valence-electron chi connectivity index (χ0n) is 17.3. The van der Waals surface area contributed by atoms with Gasteiger partial charge in [-0.05, 0) is 61.5 Å². The van der Waals surface area contributed by atoms with Gasteiger partial charge in [0, 0.05) is 11.8 Å². The highest BCUT2D eigenvalue weighted by Gasteiger charge is 2.36. The second-order valence-corrected chi connectivity index (χ2v) is 7.91. The second-order valence-electron chi connectivity index (χ2n) is 6.51. The molecule has 32 heavy (non-hydrogen) atoms. The van der Waals surface area contributed by atoms with Crippen molar-refractivity contribution in [3.63, 3.8) is 0 Å². The summed E-state index contributed by atoms with van der Waals surface area (Å²) in [6.45, 7) is 3.98. The maximum atomic E-state index is 13.3. The highest BCUT2D eigenvalue weighted by molar-refractivity contribution is 8.18. The molecule has 1 heterocycles. The minimum Gasteiger partial charge on any atom is -0.490 e. The fraction of sp³-hybridized carbons (Fsp3) is 0.227. The molecule has 0 spiro atoms. The molecule has 168 valence electrons. The quantitative estimate of drug-likeness (QED) is 0.540. The molecule has 3 rings (SSSR count). The van der Waals surface area contributed by atoms with Crippen molar-refractivity contribution in [2.24, 2.45) is 0 Å². The molecule has 0 atom stereocenters. The summed E-state index contributed by atoms with van der Waals surface area (Å²) in [5, 5.41) is 2.18. The first-order chi connectivity index (χ1) is 15.3. The van der Waals surface area contributed by atoms with Crippen LogP contribution in [-0.2, 0) is 9.59 Å². The van der Waals surface area contributed by atoms with Crippen LogP contribution in [0.15, 0.2) is 41.3 Å². The summed E-state index contributed by atoms with van der Waals surface area (Å²) in [4.78, 5) is 38.2. The molecule has 0 unspecified atom stereocenters. The maximum absolute atomic E-state index is 13.3. The average molecular weight is 479 g/mol. The highest BCUT2D eigenvalue weighted by atomic mass is 35.5. The molecule has 0 aromatic heterocycles. The fourth-order valence-corrected chi connectivity index (χ4v) is 3.92. The molecule has 1 aliphatic rings. The predicted molar refractivity (Wildman–Crippen MR) is 121 cm³/mol. The van der Waals surface area contributed by atoms with Crippen molar-refractivity contribution in [3.05, 3.63) is 57.7 Å². The van der Waals surface area contributed by atoms with Gasteiger partial charge in [-0.3, -0.25) is 19.3 Å². The van der Waals surface area contributed by atoms with E-state index in [1.807, 2.05) is 13.8 Å². The molecular formula is C22H20ClFN2O5S. The van der Waals surface area contributed by atoms with Crippen LogP contribution < -0.4 is 14.8 Å². The Morgan fingerprint density at radius 2 is 1.84 bits per heavy atom. The monoisotopic (exact) mass is 478 g/mol. The van der Waals surface area contributed by atoms with Crippen LogP contribution in [0.1, 0.15) is 19.4 Å². The molecule has 10 heteroatoms. The third-order valence-electron chi connectivity index (χ3n) is 4.23. The standard InChI is InChI=1S/C22H20ClFN2O5S/c1-3-30-17-8-13(16(23)11-18(17)31-4-2)9-19-21(28)26(22(29)32-19)12-20(27)25-15-7-5-6-14(24)10-15/h5-11H,3-4,12H2,1-2H3,(H,25,27)/b19-9+. The Morgan fingerprint density at radius 1 is 1.16 bits per heavy atom. The molecular weight excluding hydrogens is 459 g/mol. The Bertz CT molecular complexity index is 1090. The largest absolute Gasteiger partial charge is 0.490 e. The van der Waals surface area contributed by atoms with Crippen LogP contribution in [0.5, 0.6) is 11.5 Å². The van der Waals surface area contributed by atoms with Crippen LogP contribution in [0, 0.1) is 5.82 Å². The number of amides is 3. The summed E-state index contributed by atoms with van der Waals surface area (Å²) >= 11 is 7.03. The van der Waals surface area contributed by atoms with Crippen LogP contribution in [0.3, 0.4) is 0 Å². The Labute approximate surface area is 193 Å². The average Bonchev–Trinajstić information content (AvgIpc) is 2.99. The molecule has 0 aliphatic carbocycles. The van der Waals surface area contributed by atoms with Gasteiger partial charge in [0.2, 0.25) is 5.91 Å². The highest BCUT2D eigenvalue weighted by Crippen LogP contribution is 2.38. The number of nitrogens with one attached hydrogen (secondary N) is 1. The number of hydrogen-bond donors (Lipinski definition) is 1. The number of ether oxygens (including phenoxy) is 2. The zero-order valence-corrected chi connectivity index (χ0v) is 18.9. The third kappa shape index (κ3) is 5.60. The number of thioether (sulfide) groups is 1. The number of halogens is 2. The minimum atomic E-state index is -0.628. The van der Waals surface area contributed by atoms with E-state index in [2.05, 4.69) is 5.32 Å². The molecule has 2 aromatic carbocycles. The van der Waals surface area contributed by atoms with Crippen molar-refractivity contribution in [1.29, 1.82) is 0 Å². The molecule has 2 aromatic rings. The Morgan fingerprint density at radius 3 is 2.50 bits per heavy atom. The van der Waals surface area contributed by atoms with E-state index in [-0.39, 0.29) is 10.6 Å². The van der Waals surface area contributed by atoms with Crippen molar-refractivity contribution in [2.45, 2.75) is 13.8 Å². The lowest BCUT2D eigenvalue weighted by molar-refractivity contribution is -0.127. The van der Waals surface area contributed by atoms with E-state index in [4.69, 9.17) is 21.1 Å². The minimum absolute atomic E-state index is 0.113. The molecule has 1 N–H and O–H groups in total. The van der Waals surface area contributed by atoms with Crippen LogP contribution in [0.25, 0.3) is 6.08 Å². The van der Waals surface area contributed by atoms with Gasteiger partial charge >= 0.3 is 0 Å². The van der Waals surface area contributed by atoms with Crippen molar-refractivity contribution >= 4 is 52.2 Å². The van der Waals surface area contributed by atoms with Crippen molar-refractivity contribution in [3.8, 4) is 11.5 Å². The summed E-state index contributed by atoms with van der Waals surface area (Å²) in [7, 11) is 0. The van der Waals surface area contributed by atoms with Crippen LogP contribution in [-0.4, -0.2) is 41.7 Å². The van der Waals surface area contributed by atoms with Gasteiger partial charge in [-0.2, -0.15) is 0 Å². The van der Waals surface area contributed by atoms with Gasteiger partial charge in [-0.25, -0.2) is 4.39 Å². The Hall–Kier alpha value is -3.04. The Kier molecular flexibility index (Phi) is 7.76. The number of benzene rings is 2. The number of carbonyl (C=O) groups excluding carboxylic acids is 3. The lowest BCUT2D eigenvalue weighted by Crippen LogP contribution is -2.36. The van der Waals surface area contributed by atoms with Gasteiger partial charge in [0.1, 0.15) is 12.4 Å². The van der Waals surface area contributed by atoms with E-state index < -0.39 is 29.4 Å². The molecule has 1 aliphatic heterocycles. The molecule has 3 amide bonds. The van der Waals surface area contributed by atoms with Crippen LogP contribution in [0.2, 0.25) is 5.02 Å². The van der Waals surface area contributed by atoms with E-state index in [1.54, 1.807) is 12.1 Å². The number of imide groups is 1. The number of nitrogens with zero attached hydrogens (tertiary/aromatic N) is 1. The normalized spacial score (nSPS) is 14.8. The fourth-order valence-electron chi connectivity index (χ4n) is 2.89. The summed E-state index contributed by atoms with van der Waals surface area (Å²) < 4.78 is 24.4. The van der Waals surface area contributed by atoms with Crippen LogP contribution >= 0.6 is 23.4 Å². The molecule has 1 saturated heterocycles. The van der Waals surface area contributed by atoms with Crippen molar-refractivity contribution < 1.29 is 28.2 Å². The van der Waals surface area contributed by atoms with Gasteiger partial charge < -0.3 is 14.8 Å². The van der Waals surface area contributed by atoms with Gasteiger partial charge in [0.15, 0.2) is 11.5 Å². The number of rotatable bonds is 8. The van der Waals surface area contributed by atoms with E-state index in [9.17, 15) is 18.8 Å². The molecule has 7 nitrogen and oxygen atoms in total. The van der Waals surface area contributed by atoms with Crippen LogP contribution in [0.4, 0.5) is 14.9 Å². The number of hydrogen-bond acceptors (Lipinski definition) is 6. The Balaban J connectivity index is 1.77. The molecule has 0 saturated carbocycles. The summed E-state index contributed by atoms with van der Waals surface area (Å²) in [6.07, 6.45) is 1.47. The molecule has 1 fully saturated rings. The summed E-state index contributed by atoms with van der Waals surface area (Å²) in [5.41, 5.74) is 0.690.